The van der Waals surface area contributed by atoms with Crippen LogP contribution >= 0.6 is 0 Å². The van der Waals surface area contributed by atoms with Crippen LogP contribution in [-0.2, 0) is 16.1 Å². The summed E-state index contributed by atoms with van der Waals surface area (Å²) in [6.45, 7) is 4.42. The molecule has 1 unspecified atom stereocenters. The average Bonchev–Trinajstić information content (AvgIpc) is 2.82. The molecule has 1 heterocycles. The quantitative estimate of drug-likeness (QED) is 0.619. The van der Waals surface area contributed by atoms with Gasteiger partial charge in [0.25, 0.3) is 11.8 Å². The molecule has 3 aromatic rings. The standard InChI is InChI=1S/C26H27N3O3/c1-19-22(25(30)27-21-11-6-3-7-12-21)13-8-14-23(19)28-26(31)24-18-29(15-16-32-24)17-20-9-4-2-5-10-20/h2-14,24H,15-18H2,1H3,(H,27,30)(H,28,31). The van der Waals surface area contributed by atoms with Gasteiger partial charge in [0.15, 0.2) is 0 Å². The van der Waals surface area contributed by atoms with Crippen LogP contribution < -0.4 is 10.6 Å². The van der Waals surface area contributed by atoms with E-state index in [9.17, 15) is 9.59 Å². The van der Waals surface area contributed by atoms with Gasteiger partial charge < -0.3 is 15.4 Å². The number of morpholine rings is 1. The number of hydrogen-bond acceptors (Lipinski definition) is 4. The molecule has 0 aromatic heterocycles. The van der Waals surface area contributed by atoms with Gasteiger partial charge in [0.1, 0.15) is 6.10 Å². The first-order valence-corrected chi connectivity index (χ1v) is 10.7. The first kappa shape index (κ1) is 21.7. The Labute approximate surface area is 188 Å². The van der Waals surface area contributed by atoms with E-state index >= 15 is 0 Å². The Hall–Kier alpha value is -3.48. The van der Waals surface area contributed by atoms with Crippen molar-refractivity contribution in [2.24, 2.45) is 0 Å². The van der Waals surface area contributed by atoms with Gasteiger partial charge in [-0.1, -0.05) is 54.6 Å². The van der Waals surface area contributed by atoms with E-state index < -0.39 is 6.10 Å². The second-order valence-corrected chi connectivity index (χ2v) is 7.87. The lowest BCUT2D eigenvalue weighted by Crippen LogP contribution is -2.47. The summed E-state index contributed by atoms with van der Waals surface area (Å²) in [6.07, 6.45) is -0.561. The zero-order valence-corrected chi connectivity index (χ0v) is 18.1. The summed E-state index contributed by atoms with van der Waals surface area (Å²) in [7, 11) is 0. The summed E-state index contributed by atoms with van der Waals surface area (Å²) >= 11 is 0. The van der Waals surface area contributed by atoms with Crippen LogP contribution in [0.5, 0.6) is 0 Å². The average molecular weight is 430 g/mol. The van der Waals surface area contributed by atoms with E-state index in [0.717, 1.165) is 18.8 Å². The Balaban J connectivity index is 1.40. The smallest absolute Gasteiger partial charge is 0.256 e. The molecule has 1 saturated heterocycles. The van der Waals surface area contributed by atoms with Crippen molar-refractivity contribution in [3.8, 4) is 0 Å². The van der Waals surface area contributed by atoms with E-state index in [1.54, 1.807) is 18.2 Å². The topological polar surface area (TPSA) is 70.7 Å². The predicted molar refractivity (Wildman–Crippen MR) is 126 cm³/mol. The number of nitrogens with one attached hydrogen (secondary N) is 2. The van der Waals surface area contributed by atoms with Gasteiger partial charge in [0, 0.05) is 36.6 Å². The third kappa shape index (κ3) is 5.41. The molecular formula is C26H27N3O3. The summed E-state index contributed by atoms with van der Waals surface area (Å²) in [4.78, 5) is 27.9. The molecule has 0 bridgehead atoms. The van der Waals surface area contributed by atoms with Crippen LogP contribution in [0.15, 0.2) is 78.9 Å². The van der Waals surface area contributed by atoms with Crippen LogP contribution in [0.1, 0.15) is 21.5 Å². The van der Waals surface area contributed by atoms with Crippen LogP contribution in [0.3, 0.4) is 0 Å². The molecule has 3 aromatic carbocycles. The van der Waals surface area contributed by atoms with E-state index in [0.29, 0.717) is 30.0 Å². The van der Waals surface area contributed by atoms with Gasteiger partial charge in [-0.05, 0) is 42.3 Å². The zero-order valence-electron chi connectivity index (χ0n) is 18.1. The van der Waals surface area contributed by atoms with Crippen LogP contribution in [0, 0.1) is 6.92 Å². The molecule has 0 spiro atoms. The number of hydrogen-bond donors (Lipinski definition) is 2. The molecular weight excluding hydrogens is 402 g/mol. The lowest BCUT2D eigenvalue weighted by Gasteiger charge is -2.32. The first-order chi connectivity index (χ1) is 15.6. The second-order valence-electron chi connectivity index (χ2n) is 7.87. The van der Waals surface area contributed by atoms with Crippen molar-refractivity contribution in [1.82, 2.24) is 4.90 Å². The fourth-order valence-corrected chi connectivity index (χ4v) is 3.80. The molecule has 1 fully saturated rings. The fourth-order valence-electron chi connectivity index (χ4n) is 3.80. The van der Waals surface area contributed by atoms with Crippen molar-refractivity contribution in [1.29, 1.82) is 0 Å². The summed E-state index contributed by atoms with van der Waals surface area (Å²) in [5.74, 6) is -0.417. The number of amides is 2. The Morgan fingerprint density at radius 1 is 0.938 bits per heavy atom. The molecule has 32 heavy (non-hydrogen) atoms. The molecule has 1 aliphatic rings. The molecule has 1 aliphatic heterocycles. The van der Waals surface area contributed by atoms with E-state index in [1.807, 2.05) is 55.5 Å². The predicted octanol–water partition coefficient (Wildman–Crippen LogP) is 4.09. The highest BCUT2D eigenvalue weighted by Crippen LogP contribution is 2.21. The van der Waals surface area contributed by atoms with E-state index in [1.165, 1.54) is 5.56 Å². The highest BCUT2D eigenvalue weighted by atomic mass is 16.5. The molecule has 2 amide bonds. The van der Waals surface area contributed by atoms with Gasteiger partial charge >= 0.3 is 0 Å². The summed E-state index contributed by atoms with van der Waals surface area (Å²) in [6, 6.07) is 24.8. The van der Waals surface area contributed by atoms with Crippen molar-refractivity contribution in [3.63, 3.8) is 0 Å². The summed E-state index contributed by atoms with van der Waals surface area (Å²) in [5, 5.41) is 5.84. The number of nitrogens with zero attached hydrogens (tertiary/aromatic N) is 1. The van der Waals surface area contributed by atoms with E-state index in [-0.39, 0.29) is 11.8 Å². The minimum Gasteiger partial charge on any atom is -0.366 e. The molecule has 6 nitrogen and oxygen atoms in total. The Morgan fingerprint density at radius 2 is 1.66 bits per heavy atom. The SMILES string of the molecule is Cc1c(NC(=O)C2CN(Cc3ccccc3)CCO2)cccc1C(=O)Nc1ccccc1. The van der Waals surface area contributed by atoms with Crippen LogP contribution in [0.4, 0.5) is 11.4 Å². The lowest BCUT2D eigenvalue weighted by molar-refractivity contribution is -0.133. The maximum Gasteiger partial charge on any atom is 0.256 e. The summed E-state index contributed by atoms with van der Waals surface area (Å²) < 4.78 is 5.74. The minimum absolute atomic E-state index is 0.202. The van der Waals surface area contributed by atoms with Gasteiger partial charge in [-0.25, -0.2) is 0 Å². The van der Waals surface area contributed by atoms with Crippen molar-refractivity contribution < 1.29 is 14.3 Å². The minimum atomic E-state index is -0.561. The third-order valence-electron chi connectivity index (χ3n) is 5.56. The van der Waals surface area contributed by atoms with Gasteiger partial charge in [-0.2, -0.15) is 0 Å². The molecule has 0 radical (unpaired) electrons. The van der Waals surface area contributed by atoms with Crippen LogP contribution in [0.2, 0.25) is 0 Å². The summed E-state index contributed by atoms with van der Waals surface area (Å²) in [5.41, 5.74) is 3.77. The molecule has 6 heteroatoms. The highest BCUT2D eigenvalue weighted by molar-refractivity contribution is 6.07. The lowest BCUT2D eigenvalue weighted by atomic mass is 10.1. The molecule has 0 aliphatic carbocycles. The molecule has 0 saturated carbocycles. The Bertz CT molecular complexity index is 1070. The molecule has 4 rings (SSSR count). The third-order valence-corrected chi connectivity index (χ3v) is 5.56. The van der Waals surface area contributed by atoms with Gasteiger partial charge in [-0.3, -0.25) is 14.5 Å². The van der Waals surface area contributed by atoms with Gasteiger partial charge in [0.2, 0.25) is 0 Å². The van der Waals surface area contributed by atoms with Gasteiger partial charge in [0.05, 0.1) is 6.61 Å². The number of para-hydroxylation sites is 1. The Kier molecular flexibility index (Phi) is 6.94. The van der Waals surface area contributed by atoms with Gasteiger partial charge in [-0.15, -0.1) is 0 Å². The number of anilines is 2. The number of benzene rings is 3. The van der Waals surface area contributed by atoms with Crippen molar-refractivity contribution in [2.75, 3.05) is 30.3 Å². The van der Waals surface area contributed by atoms with Crippen molar-refractivity contribution >= 4 is 23.2 Å². The largest absolute Gasteiger partial charge is 0.366 e. The van der Waals surface area contributed by atoms with Crippen LogP contribution in [-0.4, -0.2) is 42.5 Å². The van der Waals surface area contributed by atoms with E-state index in [2.05, 4.69) is 27.7 Å². The molecule has 164 valence electrons. The Morgan fingerprint density at radius 3 is 2.41 bits per heavy atom. The number of carbonyl (C=O) groups excluding carboxylic acids is 2. The molecule has 2 N–H and O–H groups in total. The number of rotatable bonds is 6. The monoisotopic (exact) mass is 429 g/mol. The molecule has 1 atom stereocenters. The fraction of sp³-hybridized carbons (Fsp3) is 0.231. The first-order valence-electron chi connectivity index (χ1n) is 10.7. The number of carbonyl (C=O) groups is 2. The second kappa shape index (κ2) is 10.2. The zero-order chi connectivity index (χ0) is 22.3. The highest BCUT2D eigenvalue weighted by Gasteiger charge is 2.27. The van der Waals surface area contributed by atoms with Crippen molar-refractivity contribution in [3.05, 3.63) is 95.6 Å². The van der Waals surface area contributed by atoms with Crippen LogP contribution in [0.25, 0.3) is 0 Å². The maximum atomic E-state index is 12.9. The normalized spacial score (nSPS) is 16.3. The number of ether oxygens (including phenoxy) is 1. The maximum absolute atomic E-state index is 12.9. The van der Waals surface area contributed by atoms with E-state index in [4.69, 9.17) is 4.74 Å². The van der Waals surface area contributed by atoms with Crippen molar-refractivity contribution in [2.45, 2.75) is 19.6 Å².